The predicted octanol–water partition coefficient (Wildman–Crippen LogP) is 1.60. The molecule has 2 rings (SSSR count). The molecule has 0 heterocycles. The maximum absolute atomic E-state index is 12.0. The van der Waals surface area contributed by atoms with Gasteiger partial charge in [0.25, 0.3) is 5.91 Å². The van der Waals surface area contributed by atoms with Crippen molar-refractivity contribution < 1.29 is 14.8 Å². The van der Waals surface area contributed by atoms with Crippen LogP contribution in [0, 0.1) is 0 Å². The second-order valence-electron chi connectivity index (χ2n) is 5.03. The van der Waals surface area contributed by atoms with Gasteiger partial charge in [-0.05, 0) is 11.1 Å². The average molecular weight is 313 g/mol. The Morgan fingerprint density at radius 1 is 0.913 bits per heavy atom. The maximum Gasteiger partial charge on any atom is 0.315 e. The van der Waals surface area contributed by atoms with Gasteiger partial charge in [0, 0.05) is 13.0 Å². The SMILES string of the molecule is O=C(NCc1ccccc1)N[C@@H](Cc1ccccc1)C(=O)NO. The first-order valence-electron chi connectivity index (χ1n) is 7.25. The highest BCUT2D eigenvalue weighted by Gasteiger charge is 2.20. The van der Waals surface area contributed by atoms with E-state index in [9.17, 15) is 9.59 Å². The van der Waals surface area contributed by atoms with Crippen LogP contribution in [0.3, 0.4) is 0 Å². The number of benzene rings is 2. The zero-order chi connectivity index (χ0) is 16.5. The summed E-state index contributed by atoms with van der Waals surface area (Å²) in [6.45, 7) is 0.353. The number of nitrogens with one attached hydrogen (secondary N) is 3. The summed E-state index contributed by atoms with van der Waals surface area (Å²) < 4.78 is 0. The highest BCUT2D eigenvalue weighted by molar-refractivity contribution is 5.86. The minimum Gasteiger partial charge on any atom is -0.334 e. The summed E-state index contributed by atoms with van der Waals surface area (Å²) in [5.74, 6) is -0.663. The van der Waals surface area contributed by atoms with E-state index in [1.807, 2.05) is 60.7 Å². The van der Waals surface area contributed by atoms with E-state index < -0.39 is 18.0 Å². The molecule has 1 atom stereocenters. The van der Waals surface area contributed by atoms with Gasteiger partial charge in [0.2, 0.25) is 0 Å². The Labute approximate surface area is 134 Å². The molecular weight excluding hydrogens is 294 g/mol. The van der Waals surface area contributed by atoms with Crippen LogP contribution in [0.5, 0.6) is 0 Å². The summed E-state index contributed by atoms with van der Waals surface area (Å²) in [5, 5.41) is 14.1. The lowest BCUT2D eigenvalue weighted by atomic mass is 10.1. The molecule has 3 amide bonds. The van der Waals surface area contributed by atoms with Crippen molar-refractivity contribution in [3.8, 4) is 0 Å². The van der Waals surface area contributed by atoms with E-state index in [1.165, 1.54) is 0 Å². The Bertz CT molecular complexity index is 632. The number of urea groups is 1. The standard InChI is InChI=1S/C17H19N3O3/c21-16(20-23)15(11-13-7-3-1-4-8-13)19-17(22)18-12-14-9-5-2-6-10-14/h1-10,15,23H,11-12H2,(H,20,21)(H2,18,19,22)/t15-/m0/s1. The number of carbonyl (C=O) groups is 2. The van der Waals surface area contributed by atoms with Gasteiger partial charge in [-0.15, -0.1) is 0 Å². The van der Waals surface area contributed by atoms with Gasteiger partial charge < -0.3 is 10.6 Å². The summed E-state index contributed by atoms with van der Waals surface area (Å²) in [4.78, 5) is 23.7. The Balaban J connectivity index is 1.91. The maximum atomic E-state index is 12.0. The zero-order valence-corrected chi connectivity index (χ0v) is 12.5. The molecule has 2 aromatic rings. The first-order chi connectivity index (χ1) is 11.2. The van der Waals surface area contributed by atoms with Crippen molar-refractivity contribution >= 4 is 11.9 Å². The first-order valence-corrected chi connectivity index (χ1v) is 7.25. The highest BCUT2D eigenvalue weighted by atomic mass is 16.5. The fourth-order valence-electron chi connectivity index (χ4n) is 2.12. The van der Waals surface area contributed by atoms with Gasteiger partial charge in [0.1, 0.15) is 6.04 Å². The van der Waals surface area contributed by atoms with E-state index in [1.54, 1.807) is 5.48 Å². The molecule has 4 N–H and O–H groups in total. The summed E-state index contributed by atoms with van der Waals surface area (Å²) in [7, 11) is 0. The van der Waals surface area contributed by atoms with Crippen LogP contribution in [0.25, 0.3) is 0 Å². The van der Waals surface area contributed by atoms with Gasteiger partial charge in [-0.1, -0.05) is 60.7 Å². The van der Waals surface area contributed by atoms with Crippen molar-refractivity contribution in [2.75, 3.05) is 0 Å². The van der Waals surface area contributed by atoms with Gasteiger partial charge >= 0.3 is 6.03 Å². The summed E-state index contributed by atoms with van der Waals surface area (Å²) >= 11 is 0. The molecule has 0 radical (unpaired) electrons. The molecule has 0 aromatic heterocycles. The molecule has 6 heteroatoms. The minimum atomic E-state index is -0.863. The third-order valence-corrected chi connectivity index (χ3v) is 3.31. The summed E-state index contributed by atoms with van der Waals surface area (Å²) in [5.41, 5.74) is 3.41. The molecule has 0 aliphatic carbocycles. The van der Waals surface area contributed by atoms with Crippen LogP contribution in [0.2, 0.25) is 0 Å². The van der Waals surface area contributed by atoms with Crippen LogP contribution in [0.15, 0.2) is 60.7 Å². The molecule has 0 saturated heterocycles. The lowest BCUT2D eigenvalue weighted by Gasteiger charge is -2.17. The van der Waals surface area contributed by atoms with E-state index in [0.717, 1.165) is 11.1 Å². The normalized spacial score (nSPS) is 11.3. The van der Waals surface area contributed by atoms with Crippen LogP contribution < -0.4 is 16.1 Å². The molecule has 6 nitrogen and oxygen atoms in total. The summed E-state index contributed by atoms with van der Waals surface area (Å²) in [6, 6.07) is 17.4. The lowest BCUT2D eigenvalue weighted by Crippen LogP contribution is -2.50. The largest absolute Gasteiger partial charge is 0.334 e. The van der Waals surface area contributed by atoms with E-state index in [0.29, 0.717) is 6.54 Å². The van der Waals surface area contributed by atoms with E-state index in [2.05, 4.69) is 10.6 Å². The number of hydrogen-bond donors (Lipinski definition) is 4. The van der Waals surface area contributed by atoms with Crippen molar-refractivity contribution in [2.24, 2.45) is 0 Å². The molecule has 0 aliphatic rings. The Morgan fingerprint density at radius 2 is 1.48 bits per heavy atom. The summed E-state index contributed by atoms with van der Waals surface area (Å²) in [6.07, 6.45) is 0.284. The van der Waals surface area contributed by atoms with E-state index in [4.69, 9.17) is 5.21 Å². The molecule has 0 aliphatic heterocycles. The first kappa shape index (κ1) is 16.5. The van der Waals surface area contributed by atoms with E-state index >= 15 is 0 Å². The Kier molecular flexibility index (Phi) is 6.14. The van der Waals surface area contributed by atoms with Gasteiger partial charge in [0.15, 0.2) is 0 Å². The van der Waals surface area contributed by atoms with Gasteiger partial charge in [-0.2, -0.15) is 0 Å². The Morgan fingerprint density at radius 3 is 2.04 bits per heavy atom. The van der Waals surface area contributed by atoms with Gasteiger partial charge in [0.05, 0.1) is 0 Å². The molecule has 23 heavy (non-hydrogen) atoms. The number of hydrogen-bond acceptors (Lipinski definition) is 3. The van der Waals surface area contributed by atoms with Crippen molar-refractivity contribution in [3.63, 3.8) is 0 Å². The fourth-order valence-corrected chi connectivity index (χ4v) is 2.12. The second-order valence-corrected chi connectivity index (χ2v) is 5.03. The number of amides is 3. The molecule has 0 saturated carbocycles. The average Bonchev–Trinajstić information content (AvgIpc) is 2.60. The van der Waals surface area contributed by atoms with Crippen molar-refractivity contribution in [1.82, 2.24) is 16.1 Å². The molecular formula is C17H19N3O3. The van der Waals surface area contributed by atoms with Crippen molar-refractivity contribution in [3.05, 3.63) is 71.8 Å². The van der Waals surface area contributed by atoms with E-state index in [-0.39, 0.29) is 6.42 Å². The monoisotopic (exact) mass is 313 g/mol. The number of rotatable bonds is 6. The molecule has 120 valence electrons. The van der Waals surface area contributed by atoms with Gasteiger partial charge in [-0.25, -0.2) is 10.3 Å². The smallest absolute Gasteiger partial charge is 0.315 e. The Hall–Kier alpha value is -2.86. The number of hydroxylamine groups is 1. The lowest BCUT2D eigenvalue weighted by molar-refractivity contribution is -0.131. The molecule has 0 bridgehead atoms. The third-order valence-electron chi connectivity index (χ3n) is 3.31. The van der Waals surface area contributed by atoms with Crippen LogP contribution in [-0.2, 0) is 17.8 Å². The van der Waals surface area contributed by atoms with Crippen LogP contribution in [0.1, 0.15) is 11.1 Å². The predicted molar refractivity (Wildman–Crippen MR) is 85.7 cm³/mol. The second kappa shape index (κ2) is 8.55. The number of carbonyl (C=O) groups excluding carboxylic acids is 2. The third kappa shape index (κ3) is 5.44. The molecule has 2 aromatic carbocycles. The highest BCUT2D eigenvalue weighted by Crippen LogP contribution is 2.04. The zero-order valence-electron chi connectivity index (χ0n) is 12.5. The minimum absolute atomic E-state index is 0.284. The molecule has 0 fully saturated rings. The van der Waals surface area contributed by atoms with Crippen molar-refractivity contribution in [1.29, 1.82) is 0 Å². The van der Waals surface area contributed by atoms with Crippen LogP contribution in [0.4, 0.5) is 4.79 Å². The molecule has 0 spiro atoms. The van der Waals surface area contributed by atoms with Crippen LogP contribution >= 0.6 is 0 Å². The fraction of sp³-hybridized carbons (Fsp3) is 0.176. The molecule has 0 unspecified atom stereocenters. The topological polar surface area (TPSA) is 90.5 Å². The van der Waals surface area contributed by atoms with Gasteiger partial charge in [-0.3, -0.25) is 10.0 Å². The quantitative estimate of drug-likeness (QED) is 0.482. The van der Waals surface area contributed by atoms with Crippen LogP contribution in [-0.4, -0.2) is 23.2 Å². The van der Waals surface area contributed by atoms with Crippen molar-refractivity contribution in [2.45, 2.75) is 19.0 Å².